The summed E-state index contributed by atoms with van der Waals surface area (Å²) in [4.78, 5) is 0.724. The Labute approximate surface area is 102 Å². The molecule has 0 spiro atoms. The van der Waals surface area contributed by atoms with Crippen LogP contribution in [0, 0.1) is 6.92 Å². The molecule has 1 N–H and O–H groups in total. The van der Waals surface area contributed by atoms with Gasteiger partial charge in [0, 0.05) is 16.1 Å². The van der Waals surface area contributed by atoms with Crippen LogP contribution in [0.3, 0.4) is 0 Å². The number of hydrogen-bond acceptors (Lipinski definition) is 3. The van der Waals surface area contributed by atoms with Gasteiger partial charge in [0.25, 0.3) is 0 Å². The quantitative estimate of drug-likeness (QED) is 0.881. The molecule has 5 heteroatoms. The zero-order valence-corrected chi connectivity index (χ0v) is 10.3. The summed E-state index contributed by atoms with van der Waals surface area (Å²) < 4.78 is 6.46. The summed E-state index contributed by atoms with van der Waals surface area (Å²) in [5, 5.41) is 12.7. The molecule has 0 saturated heterocycles. The van der Waals surface area contributed by atoms with Gasteiger partial charge in [-0.1, -0.05) is 33.2 Å². The topological polar surface area (TPSA) is 47.3 Å². The van der Waals surface area contributed by atoms with E-state index in [9.17, 15) is 0 Å². The molecule has 0 amide bonds. The van der Waals surface area contributed by atoms with Crippen LogP contribution in [-0.2, 0) is 6.61 Å². The maximum Gasteiger partial charge on any atom is 0.236 e. The number of hydrogen-bond donors (Lipinski definition) is 1. The van der Waals surface area contributed by atoms with E-state index in [1.165, 1.54) is 6.20 Å². The molecule has 0 bridgehead atoms. The fourth-order valence-electron chi connectivity index (χ4n) is 1.37. The lowest BCUT2D eigenvalue weighted by molar-refractivity contribution is 0.141. The van der Waals surface area contributed by atoms with Gasteiger partial charge >= 0.3 is 0 Å². The Morgan fingerprint density at radius 2 is 2.25 bits per heavy atom. The second kappa shape index (κ2) is 4.57. The minimum absolute atomic E-state index is 0.401. The Balaban J connectivity index is 2.10. The molecule has 0 aliphatic rings. The van der Waals surface area contributed by atoms with Gasteiger partial charge < -0.3 is 9.94 Å². The lowest BCUT2D eigenvalue weighted by Gasteiger charge is -2.08. The van der Waals surface area contributed by atoms with Crippen LogP contribution in [0.4, 0.5) is 0 Å². The molecule has 0 aliphatic heterocycles. The minimum Gasteiger partial charge on any atom is -0.472 e. The Morgan fingerprint density at radius 1 is 1.44 bits per heavy atom. The van der Waals surface area contributed by atoms with E-state index in [0.717, 1.165) is 20.4 Å². The van der Waals surface area contributed by atoms with Crippen molar-refractivity contribution in [3.05, 3.63) is 46.1 Å². The zero-order valence-electron chi connectivity index (χ0n) is 8.72. The molecule has 16 heavy (non-hydrogen) atoms. The van der Waals surface area contributed by atoms with Crippen molar-refractivity contribution in [2.24, 2.45) is 0 Å². The predicted octanol–water partition coefficient (Wildman–Crippen LogP) is 2.77. The van der Waals surface area contributed by atoms with Crippen LogP contribution in [0.1, 0.15) is 11.1 Å². The summed E-state index contributed by atoms with van der Waals surface area (Å²) in [5.74, 6) is 0.401. The fourth-order valence-corrected chi connectivity index (χ4v) is 1.95. The highest BCUT2D eigenvalue weighted by Crippen LogP contribution is 2.21. The van der Waals surface area contributed by atoms with E-state index in [0.29, 0.717) is 12.5 Å². The standard InChI is InChI=1S/C11H11BrN2O2/c1-8-3-2-4-10(12)9(8)7-16-11-5-6-14(15)13-11/h2-6,15H,7H2,1H3. The third-order valence-electron chi connectivity index (χ3n) is 2.27. The molecule has 1 aromatic carbocycles. The van der Waals surface area contributed by atoms with E-state index in [1.54, 1.807) is 6.07 Å². The second-order valence-electron chi connectivity index (χ2n) is 3.40. The first kappa shape index (κ1) is 11.0. The molecule has 1 aromatic heterocycles. The number of rotatable bonds is 3. The van der Waals surface area contributed by atoms with E-state index < -0.39 is 0 Å². The smallest absolute Gasteiger partial charge is 0.236 e. The molecular weight excluding hydrogens is 272 g/mol. The maximum atomic E-state index is 8.98. The fraction of sp³-hybridized carbons (Fsp3) is 0.182. The first-order valence-corrected chi connectivity index (χ1v) is 5.58. The first-order chi connectivity index (χ1) is 7.66. The van der Waals surface area contributed by atoms with Crippen molar-refractivity contribution in [3.63, 3.8) is 0 Å². The van der Waals surface area contributed by atoms with E-state index in [2.05, 4.69) is 21.0 Å². The van der Waals surface area contributed by atoms with Gasteiger partial charge in [0.15, 0.2) is 0 Å². The summed E-state index contributed by atoms with van der Waals surface area (Å²) in [7, 11) is 0. The number of aryl methyl sites for hydroxylation is 1. The van der Waals surface area contributed by atoms with E-state index >= 15 is 0 Å². The summed E-state index contributed by atoms with van der Waals surface area (Å²) in [5.41, 5.74) is 2.23. The third kappa shape index (κ3) is 2.36. The lowest BCUT2D eigenvalue weighted by atomic mass is 10.1. The van der Waals surface area contributed by atoms with Crippen molar-refractivity contribution in [1.82, 2.24) is 9.94 Å². The third-order valence-corrected chi connectivity index (χ3v) is 3.01. The highest BCUT2D eigenvalue weighted by atomic mass is 79.9. The average Bonchev–Trinajstić information content (AvgIpc) is 2.63. The Kier molecular flexibility index (Phi) is 3.14. The van der Waals surface area contributed by atoms with Crippen molar-refractivity contribution in [2.45, 2.75) is 13.5 Å². The van der Waals surface area contributed by atoms with Gasteiger partial charge in [-0.2, -0.15) is 0 Å². The summed E-state index contributed by atoms with van der Waals surface area (Å²) in [6.45, 7) is 2.44. The van der Waals surface area contributed by atoms with E-state index in [4.69, 9.17) is 9.94 Å². The van der Waals surface area contributed by atoms with E-state index in [-0.39, 0.29) is 0 Å². The minimum atomic E-state index is 0.401. The predicted molar refractivity (Wildman–Crippen MR) is 62.6 cm³/mol. The molecule has 0 saturated carbocycles. The molecule has 0 unspecified atom stereocenters. The first-order valence-electron chi connectivity index (χ1n) is 4.78. The van der Waals surface area contributed by atoms with Gasteiger partial charge in [0.2, 0.25) is 5.88 Å². The monoisotopic (exact) mass is 282 g/mol. The van der Waals surface area contributed by atoms with Crippen molar-refractivity contribution < 1.29 is 9.94 Å². The average molecular weight is 283 g/mol. The molecule has 0 radical (unpaired) electrons. The Bertz CT molecular complexity index is 476. The number of benzene rings is 1. The van der Waals surface area contributed by atoms with Crippen molar-refractivity contribution in [2.75, 3.05) is 0 Å². The molecular formula is C11H11BrN2O2. The second-order valence-corrected chi connectivity index (χ2v) is 4.25. The van der Waals surface area contributed by atoms with Gasteiger partial charge in [-0.3, -0.25) is 0 Å². The molecule has 4 nitrogen and oxygen atoms in total. The van der Waals surface area contributed by atoms with Crippen LogP contribution >= 0.6 is 15.9 Å². The summed E-state index contributed by atoms with van der Waals surface area (Å²) in [6, 6.07) is 7.57. The number of ether oxygens (including phenoxy) is 1. The van der Waals surface area contributed by atoms with Gasteiger partial charge in [0.1, 0.15) is 6.61 Å². The summed E-state index contributed by atoms with van der Waals surface area (Å²) >= 11 is 3.47. The molecule has 2 aromatic rings. The molecule has 0 fully saturated rings. The van der Waals surface area contributed by atoms with Crippen molar-refractivity contribution in [1.29, 1.82) is 0 Å². The van der Waals surface area contributed by atoms with Crippen LogP contribution in [0.25, 0.3) is 0 Å². The summed E-state index contributed by atoms with van der Waals surface area (Å²) in [6.07, 6.45) is 1.42. The molecule has 0 aliphatic carbocycles. The van der Waals surface area contributed by atoms with Crippen LogP contribution in [0.2, 0.25) is 0 Å². The molecule has 84 valence electrons. The van der Waals surface area contributed by atoms with E-state index in [1.807, 2.05) is 25.1 Å². The van der Waals surface area contributed by atoms with Crippen LogP contribution < -0.4 is 4.74 Å². The Morgan fingerprint density at radius 3 is 2.88 bits per heavy atom. The van der Waals surface area contributed by atoms with Crippen LogP contribution in [-0.4, -0.2) is 15.2 Å². The highest BCUT2D eigenvalue weighted by Gasteiger charge is 2.05. The maximum absolute atomic E-state index is 8.98. The zero-order chi connectivity index (χ0) is 11.5. The Hall–Kier alpha value is -1.49. The normalized spacial score (nSPS) is 10.4. The van der Waals surface area contributed by atoms with Gasteiger partial charge in [0.05, 0.1) is 6.20 Å². The number of nitrogens with zero attached hydrogens (tertiary/aromatic N) is 2. The van der Waals surface area contributed by atoms with Crippen molar-refractivity contribution >= 4 is 15.9 Å². The van der Waals surface area contributed by atoms with Crippen LogP contribution in [0.15, 0.2) is 34.9 Å². The van der Waals surface area contributed by atoms with Gasteiger partial charge in [-0.25, -0.2) is 0 Å². The molecule has 2 rings (SSSR count). The van der Waals surface area contributed by atoms with Crippen LogP contribution in [0.5, 0.6) is 5.88 Å². The lowest BCUT2D eigenvalue weighted by Crippen LogP contribution is -2.00. The molecule has 0 atom stereocenters. The van der Waals surface area contributed by atoms with Gasteiger partial charge in [-0.05, 0) is 18.6 Å². The number of aromatic nitrogens is 2. The number of halogens is 1. The highest BCUT2D eigenvalue weighted by molar-refractivity contribution is 9.10. The SMILES string of the molecule is Cc1cccc(Br)c1COc1ccn(O)n1. The molecule has 1 heterocycles. The van der Waals surface area contributed by atoms with Gasteiger partial charge in [-0.15, -0.1) is 4.85 Å². The largest absolute Gasteiger partial charge is 0.472 e. The van der Waals surface area contributed by atoms with Crippen molar-refractivity contribution in [3.8, 4) is 5.88 Å².